The molecular formula is C13H23N5O5. The molecule has 0 heterocycles. The Labute approximate surface area is 134 Å². The lowest BCUT2D eigenvalue weighted by Gasteiger charge is -2.08. The van der Waals surface area contributed by atoms with Gasteiger partial charge < -0.3 is 26.6 Å². The molecule has 10 nitrogen and oxygen atoms in total. The van der Waals surface area contributed by atoms with Crippen LogP contribution in [-0.2, 0) is 24.0 Å². The third-order valence-corrected chi connectivity index (χ3v) is 2.54. The van der Waals surface area contributed by atoms with Gasteiger partial charge in [0.2, 0.25) is 29.5 Å². The van der Waals surface area contributed by atoms with E-state index in [1.807, 2.05) is 6.92 Å². The Kier molecular flexibility index (Phi) is 10.6. The summed E-state index contributed by atoms with van der Waals surface area (Å²) in [5.41, 5.74) is 0. The highest BCUT2D eigenvalue weighted by molar-refractivity contribution is 5.90. The minimum absolute atomic E-state index is 0.181. The van der Waals surface area contributed by atoms with Crippen molar-refractivity contribution in [1.82, 2.24) is 26.6 Å². The molecule has 0 saturated heterocycles. The standard InChI is InChI=1S/C13H23N5O5/c1-3-4-9(19)15-6-11(21)17-8-13(23)18-7-12(22)16-5-10(20)14-2/h3-8H2,1-2H3,(H,14,20)(H,15,19)(H,16,22)(H,17,21)(H,18,23). The van der Waals surface area contributed by atoms with Crippen LogP contribution in [0.15, 0.2) is 0 Å². The van der Waals surface area contributed by atoms with Gasteiger partial charge in [0, 0.05) is 13.5 Å². The largest absolute Gasteiger partial charge is 0.358 e. The first-order chi connectivity index (χ1) is 10.9. The number of likely N-dealkylation sites (N-methyl/N-ethyl adjacent to an activating group) is 1. The van der Waals surface area contributed by atoms with Gasteiger partial charge in [0.05, 0.1) is 26.2 Å². The van der Waals surface area contributed by atoms with Gasteiger partial charge in [-0.25, -0.2) is 0 Å². The molecule has 0 unspecified atom stereocenters. The number of amides is 5. The molecule has 0 aromatic rings. The number of rotatable bonds is 10. The van der Waals surface area contributed by atoms with Crippen LogP contribution in [0.4, 0.5) is 0 Å². The third kappa shape index (κ3) is 11.7. The highest BCUT2D eigenvalue weighted by Crippen LogP contribution is 1.84. The fourth-order valence-corrected chi connectivity index (χ4v) is 1.31. The summed E-state index contributed by atoms with van der Waals surface area (Å²) in [6.45, 7) is 0.830. The van der Waals surface area contributed by atoms with Crippen molar-refractivity contribution in [2.45, 2.75) is 19.8 Å². The molecule has 0 rings (SSSR count). The second-order valence-corrected chi connectivity index (χ2v) is 4.53. The molecular weight excluding hydrogens is 306 g/mol. The smallest absolute Gasteiger partial charge is 0.239 e. The van der Waals surface area contributed by atoms with Crippen LogP contribution in [-0.4, -0.2) is 62.8 Å². The predicted molar refractivity (Wildman–Crippen MR) is 81.0 cm³/mol. The van der Waals surface area contributed by atoms with Crippen LogP contribution in [0.3, 0.4) is 0 Å². The fourth-order valence-electron chi connectivity index (χ4n) is 1.31. The summed E-state index contributed by atoms with van der Waals surface area (Å²) in [6.07, 6.45) is 1.01. The second-order valence-electron chi connectivity index (χ2n) is 4.53. The van der Waals surface area contributed by atoms with Gasteiger partial charge in [0.15, 0.2) is 0 Å². The Hall–Kier alpha value is -2.65. The van der Waals surface area contributed by atoms with E-state index >= 15 is 0 Å². The molecule has 0 atom stereocenters. The lowest BCUT2D eigenvalue weighted by molar-refractivity contribution is -0.129. The molecule has 0 aromatic carbocycles. The topological polar surface area (TPSA) is 146 Å². The molecule has 130 valence electrons. The Balaban J connectivity index is 3.77. The summed E-state index contributed by atoms with van der Waals surface area (Å²) in [6, 6.07) is 0. The molecule has 5 N–H and O–H groups in total. The molecule has 0 saturated carbocycles. The summed E-state index contributed by atoms with van der Waals surface area (Å²) < 4.78 is 0. The first-order valence-electron chi connectivity index (χ1n) is 7.16. The predicted octanol–water partition coefficient (Wildman–Crippen LogP) is -3.00. The first-order valence-corrected chi connectivity index (χ1v) is 7.16. The zero-order valence-electron chi connectivity index (χ0n) is 13.3. The molecule has 0 aromatic heterocycles. The number of hydrogen-bond donors (Lipinski definition) is 5. The third-order valence-electron chi connectivity index (χ3n) is 2.54. The van der Waals surface area contributed by atoms with Crippen molar-refractivity contribution in [3.8, 4) is 0 Å². The van der Waals surface area contributed by atoms with Crippen LogP contribution in [0.25, 0.3) is 0 Å². The zero-order valence-corrected chi connectivity index (χ0v) is 13.3. The maximum absolute atomic E-state index is 11.4. The molecule has 5 amide bonds. The number of carbonyl (C=O) groups is 5. The highest BCUT2D eigenvalue weighted by Gasteiger charge is 2.09. The second kappa shape index (κ2) is 12.0. The molecule has 0 aliphatic rings. The summed E-state index contributed by atoms with van der Waals surface area (Å²) in [5.74, 6) is -2.19. The maximum atomic E-state index is 11.4. The molecule has 0 spiro atoms. The van der Waals surface area contributed by atoms with Crippen LogP contribution >= 0.6 is 0 Å². The Bertz CT molecular complexity index is 452. The summed E-state index contributed by atoms with van der Waals surface area (Å²) in [5, 5.41) is 11.6. The van der Waals surface area contributed by atoms with Crippen LogP contribution in [0.5, 0.6) is 0 Å². The zero-order chi connectivity index (χ0) is 17.7. The van der Waals surface area contributed by atoms with E-state index in [9.17, 15) is 24.0 Å². The van der Waals surface area contributed by atoms with Crippen molar-refractivity contribution in [2.75, 3.05) is 33.2 Å². The van der Waals surface area contributed by atoms with E-state index in [0.29, 0.717) is 12.8 Å². The minimum Gasteiger partial charge on any atom is -0.358 e. The van der Waals surface area contributed by atoms with Gasteiger partial charge in [0.1, 0.15) is 0 Å². The Morgan fingerprint density at radius 2 is 0.957 bits per heavy atom. The van der Waals surface area contributed by atoms with Gasteiger partial charge in [-0.2, -0.15) is 0 Å². The lowest BCUT2D eigenvalue weighted by Crippen LogP contribution is -2.45. The summed E-state index contributed by atoms with van der Waals surface area (Å²) in [4.78, 5) is 56.1. The highest BCUT2D eigenvalue weighted by atomic mass is 16.2. The van der Waals surface area contributed by atoms with Crippen LogP contribution in [0.2, 0.25) is 0 Å². The molecule has 0 aliphatic carbocycles. The lowest BCUT2D eigenvalue weighted by atomic mass is 10.3. The minimum atomic E-state index is -0.562. The molecule has 10 heteroatoms. The van der Waals surface area contributed by atoms with E-state index in [4.69, 9.17) is 0 Å². The van der Waals surface area contributed by atoms with E-state index in [-0.39, 0.29) is 38.0 Å². The number of carbonyl (C=O) groups excluding carboxylic acids is 5. The van der Waals surface area contributed by atoms with Gasteiger partial charge in [-0.1, -0.05) is 6.92 Å². The van der Waals surface area contributed by atoms with Gasteiger partial charge in [-0.15, -0.1) is 0 Å². The Morgan fingerprint density at radius 1 is 0.609 bits per heavy atom. The van der Waals surface area contributed by atoms with E-state index in [1.165, 1.54) is 7.05 Å². The van der Waals surface area contributed by atoms with E-state index in [0.717, 1.165) is 0 Å². The molecule has 0 radical (unpaired) electrons. The van der Waals surface area contributed by atoms with Gasteiger partial charge >= 0.3 is 0 Å². The summed E-state index contributed by atoms with van der Waals surface area (Å²) in [7, 11) is 1.43. The van der Waals surface area contributed by atoms with Crippen molar-refractivity contribution < 1.29 is 24.0 Å². The van der Waals surface area contributed by atoms with E-state index in [2.05, 4.69) is 26.6 Å². The molecule has 0 fully saturated rings. The van der Waals surface area contributed by atoms with Gasteiger partial charge in [-0.3, -0.25) is 24.0 Å². The molecule has 0 bridgehead atoms. The maximum Gasteiger partial charge on any atom is 0.239 e. The van der Waals surface area contributed by atoms with Crippen molar-refractivity contribution in [3.05, 3.63) is 0 Å². The van der Waals surface area contributed by atoms with E-state index < -0.39 is 17.7 Å². The monoisotopic (exact) mass is 329 g/mol. The SMILES string of the molecule is CCCC(=O)NCC(=O)NCC(=O)NCC(=O)NCC(=O)NC. The fraction of sp³-hybridized carbons (Fsp3) is 0.615. The Morgan fingerprint density at radius 3 is 1.30 bits per heavy atom. The van der Waals surface area contributed by atoms with E-state index in [1.54, 1.807) is 0 Å². The van der Waals surface area contributed by atoms with Crippen molar-refractivity contribution >= 4 is 29.5 Å². The molecule has 0 aliphatic heterocycles. The average Bonchev–Trinajstić information content (AvgIpc) is 2.54. The summed E-state index contributed by atoms with van der Waals surface area (Å²) >= 11 is 0. The normalized spacial score (nSPS) is 9.48. The number of hydrogen-bond acceptors (Lipinski definition) is 5. The van der Waals surface area contributed by atoms with Gasteiger partial charge in [0.25, 0.3) is 0 Å². The molecule has 23 heavy (non-hydrogen) atoms. The van der Waals surface area contributed by atoms with Crippen LogP contribution in [0, 0.1) is 0 Å². The first kappa shape index (κ1) is 20.3. The van der Waals surface area contributed by atoms with Crippen LogP contribution < -0.4 is 26.6 Å². The van der Waals surface area contributed by atoms with Crippen molar-refractivity contribution in [1.29, 1.82) is 0 Å². The van der Waals surface area contributed by atoms with Crippen molar-refractivity contribution in [2.24, 2.45) is 0 Å². The van der Waals surface area contributed by atoms with Crippen molar-refractivity contribution in [3.63, 3.8) is 0 Å². The van der Waals surface area contributed by atoms with Crippen LogP contribution in [0.1, 0.15) is 19.8 Å². The number of nitrogens with one attached hydrogen (secondary N) is 5. The quantitative estimate of drug-likeness (QED) is 0.290. The average molecular weight is 329 g/mol. The van der Waals surface area contributed by atoms with Gasteiger partial charge in [-0.05, 0) is 6.42 Å².